The number of amides is 8. The van der Waals surface area contributed by atoms with Gasteiger partial charge in [-0.3, -0.25) is 50.8 Å². The third-order valence-electron chi connectivity index (χ3n) is 22.3. The van der Waals surface area contributed by atoms with E-state index < -0.39 is 23.6 Å². The molecule has 4 atom stereocenters. The van der Waals surface area contributed by atoms with E-state index in [2.05, 4.69) is 90.7 Å². The second-order valence-corrected chi connectivity index (χ2v) is 31.7. The average Bonchev–Trinajstić information content (AvgIpc) is 1.66. The van der Waals surface area contributed by atoms with Crippen LogP contribution in [-0.4, -0.2) is 190 Å². The zero-order valence-electron chi connectivity index (χ0n) is 67.4. The summed E-state index contributed by atoms with van der Waals surface area (Å²) in [6.45, 7) is 14.2. The highest BCUT2D eigenvalue weighted by Crippen LogP contribution is 2.46. The van der Waals surface area contributed by atoms with Gasteiger partial charge in [0.1, 0.15) is 40.5 Å². The van der Waals surface area contributed by atoms with Gasteiger partial charge in [-0.05, 0) is 157 Å². The lowest BCUT2D eigenvalue weighted by Gasteiger charge is -2.36. The van der Waals surface area contributed by atoms with Crippen molar-refractivity contribution in [2.24, 2.45) is 0 Å². The van der Waals surface area contributed by atoms with Crippen LogP contribution in [0.15, 0.2) is 183 Å². The molecule has 8 amide bonds. The minimum Gasteiger partial charge on any atom is -0.365 e. The van der Waals surface area contributed by atoms with Gasteiger partial charge in [0.15, 0.2) is 51.7 Å². The highest BCUT2D eigenvalue weighted by molar-refractivity contribution is 7.22. The number of aromatic nitrogens is 15. The summed E-state index contributed by atoms with van der Waals surface area (Å²) in [6, 6.07) is 35.8. The standard InChI is InChI=1S/C23H16F4N6OS.C21H22N8O.2C21H21N7O/c24-14-4-5-16-18(9-14)35-21(29-16)31-22(34)33-15-6-7-32(11-15)17-10-28-19(30-20(17)33)12-2-1-3-13(8-12)23(25,26)27;1-27(2)18-11-14(6-9-23-18)19-24-12-16-20(26-19)29(15-7-10-28(16)13-15)21(30)25-17-5-3-4-8-22-17;1-13-11-15(6-9-22-13)19-24-14(2)18-20(26-19)28(16-7-10-27(18)12-16)21(29)25-17-5-3-4-8-23-17;1-13-6-7-15(11-23-13)19-24-14(2)18-20(26-19)28(16-8-10-27(18)12-16)21(29)25-17-5-3-4-9-22-17/h1-5,8-10,15H,6-7,11H2,(H,29,31,34);3-6,8-9,11-12,15H,7,10,13H2,1-2H3,(H,22,25,30);3-6,8-9,11,16H,7,10,12H2,1-2H3,(H,23,25,29);3-7,9,11,16H,8,10,12H2,1-2H3,(H,22,25,29)/t2*15-;2*16-/m0000/s1. The Morgan fingerprint density at radius 2 is 0.886 bits per heavy atom. The molecule has 11 aromatic heterocycles. The Labute approximate surface area is 706 Å². The number of halogens is 4. The predicted octanol–water partition coefficient (Wildman–Crippen LogP) is 14.5. The second kappa shape index (κ2) is 33.2. The lowest BCUT2D eigenvalue weighted by molar-refractivity contribution is -0.137. The van der Waals surface area contributed by atoms with Crippen molar-refractivity contribution < 1.29 is 36.7 Å². The summed E-state index contributed by atoms with van der Waals surface area (Å²) in [6.07, 6.45) is 12.5. The van der Waals surface area contributed by atoms with Gasteiger partial charge in [-0.15, -0.1) is 0 Å². The molecule has 0 aliphatic carbocycles. The number of carbonyl (C=O) groups is 4. The third kappa shape index (κ3) is 16.3. The van der Waals surface area contributed by atoms with Crippen LogP contribution in [0.5, 0.6) is 0 Å². The molecule has 8 aliphatic heterocycles. The minimum atomic E-state index is -4.50. The molecule has 32 nitrogen and oxygen atoms in total. The summed E-state index contributed by atoms with van der Waals surface area (Å²) in [7, 11) is 3.88. The van der Waals surface area contributed by atoms with Crippen LogP contribution in [0, 0.1) is 33.5 Å². The predicted molar refractivity (Wildman–Crippen MR) is 462 cm³/mol. The molecule has 2 aromatic carbocycles. The average molecular weight is 1680 g/mol. The molecule has 37 heteroatoms. The van der Waals surface area contributed by atoms with Crippen LogP contribution < -0.4 is 65.4 Å². The monoisotopic (exact) mass is 1680 g/mol. The fraction of sp³-hybridized carbons (Fsp3) is 0.267. The molecule has 0 unspecified atom stereocenters. The molecule has 8 aliphatic rings. The van der Waals surface area contributed by atoms with E-state index in [-0.39, 0.29) is 53.6 Å². The number of rotatable bonds is 9. The quantitative estimate of drug-likeness (QED) is 0.0975. The summed E-state index contributed by atoms with van der Waals surface area (Å²) in [5, 5.41) is 11.8. The molecular weight excluding hydrogens is 1600 g/mol. The van der Waals surface area contributed by atoms with Crippen molar-refractivity contribution in [1.82, 2.24) is 74.8 Å². The third-order valence-corrected chi connectivity index (χ3v) is 23.2. The molecule has 13 aromatic rings. The van der Waals surface area contributed by atoms with E-state index in [9.17, 15) is 36.7 Å². The van der Waals surface area contributed by atoms with Crippen molar-refractivity contribution in [3.05, 3.63) is 217 Å². The van der Waals surface area contributed by atoms with Crippen LogP contribution in [0.1, 0.15) is 54.0 Å². The van der Waals surface area contributed by atoms with E-state index in [1.165, 1.54) is 35.2 Å². The van der Waals surface area contributed by atoms with Crippen LogP contribution in [0.4, 0.5) is 111 Å². The fourth-order valence-electron chi connectivity index (χ4n) is 16.5. The Kier molecular flexibility index (Phi) is 21.4. The van der Waals surface area contributed by atoms with Crippen molar-refractivity contribution in [3.8, 4) is 45.6 Å². The Morgan fingerprint density at radius 3 is 1.37 bits per heavy atom. The largest absolute Gasteiger partial charge is 0.416 e. The Hall–Kier alpha value is -14.7. The lowest BCUT2D eigenvalue weighted by Crippen LogP contribution is -2.48. The molecule has 4 N–H and O–H groups in total. The number of benzene rings is 2. The Bertz CT molecular complexity index is 6210. The number of nitrogens with one attached hydrogen (secondary N) is 4. The number of anilines is 13. The first-order chi connectivity index (χ1) is 59.6. The normalized spacial score (nSPS) is 17.1. The van der Waals surface area contributed by atoms with Gasteiger partial charge in [-0.1, -0.05) is 41.7 Å². The van der Waals surface area contributed by atoms with Gasteiger partial charge in [0.2, 0.25) is 0 Å². The molecule has 19 heterocycles. The summed E-state index contributed by atoms with van der Waals surface area (Å²) in [4.78, 5) is 138. The molecule has 4 saturated heterocycles. The van der Waals surface area contributed by atoms with Gasteiger partial charge in [0.25, 0.3) is 0 Å². The summed E-state index contributed by atoms with van der Waals surface area (Å²) < 4.78 is 53.8. The smallest absolute Gasteiger partial charge is 0.365 e. The van der Waals surface area contributed by atoms with E-state index in [1.54, 1.807) is 76.3 Å². The zero-order chi connectivity index (χ0) is 84.9. The topological polar surface area (TPSA) is 339 Å². The number of pyridine rings is 6. The minimum absolute atomic E-state index is 0.0683. The maximum atomic E-state index is 13.5. The molecule has 0 radical (unpaired) electrons. The molecular formula is C86H80F4N28O4S. The van der Waals surface area contributed by atoms with Crippen LogP contribution in [0.3, 0.4) is 0 Å². The molecule has 622 valence electrons. The van der Waals surface area contributed by atoms with Gasteiger partial charge >= 0.3 is 30.3 Å². The summed E-state index contributed by atoms with van der Waals surface area (Å²) >= 11 is 1.15. The number of thiazole rings is 1. The number of urea groups is 4. The van der Waals surface area contributed by atoms with E-state index in [1.807, 2.05) is 126 Å². The number of nitrogens with zero attached hydrogens (tertiary/aromatic N) is 24. The Morgan fingerprint density at radius 1 is 0.415 bits per heavy atom. The molecule has 21 rings (SSSR count). The van der Waals surface area contributed by atoms with Crippen LogP contribution >= 0.6 is 11.3 Å². The molecule has 8 bridgehead atoms. The van der Waals surface area contributed by atoms with Crippen LogP contribution in [0.2, 0.25) is 0 Å². The van der Waals surface area contributed by atoms with E-state index >= 15 is 0 Å². The van der Waals surface area contributed by atoms with Crippen molar-refractivity contribution >= 4 is 120 Å². The zero-order valence-corrected chi connectivity index (χ0v) is 68.2. The SMILES string of the molecule is CN(C)c1cc(-c2ncc3c(n2)N(C(=O)Nc2ccccn2)[C@H]2CCN3C2)ccn1.Cc1cc(-c2nc(C)c3c(n2)N(C(=O)Nc2ccccn2)[C@H]2CCN3C2)ccn1.Cc1ccc(-c2nc(C)c3c(n2)N(C(=O)Nc2ccccn2)[C@H]2CCN3C2)cn1.O=C(Nc1nc2ccc(F)cc2s1)N1c2nc(-c3cccc(C(F)(F)F)c3)ncc2N2CC[C@H]1C2. The van der Waals surface area contributed by atoms with Gasteiger partial charge in [-0.2, -0.15) is 13.2 Å². The van der Waals surface area contributed by atoms with Gasteiger partial charge in [0, 0.05) is 137 Å². The maximum Gasteiger partial charge on any atom is 0.416 e. The van der Waals surface area contributed by atoms with E-state index in [4.69, 9.17) is 24.9 Å². The number of carbonyl (C=O) groups excluding carboxylic acids is 4. The Balaban J connectivity index is 0.000000112. The van der Waals surface area contributed by atoms with Crippen LogP contribution in [-0.2, 0) is 6.18 Å². The number of alkyl halides is 3. The van der Waals surface area contributed by atoms with E-state index in [0.29, 0.717) is 98.7 Å². The van der Waals surface area contributed by atoms with E-state index in [0.717, 1.165) is 144 Å². The molecule has 0 saturated carbocycles. The van der Waals surface area contributed by atoms with Gasteiger partial charge < -0.3 is 24.5 Å². The number of hydrogen-bond acceptors (Lipinski definition) is 25. The van der Waals surface area contributed by atoms with Crippen molar-refractivity contribution in [2.45, 2.75) is 83.7 Å². The fourth-order valence-corrected chi connectivity index (χ4v) is 17.4. The summed E-state index contributed by atoms with van der Waals surface area (Å²) in [5.74, 6) is 6.08. The molecule has 123 heavy (non-hydrogen) atoms. The van der Waals surface area contributed by atoms with Crippen LogP contribution in [0.25, 0.3) is 55.8 Å². The first-order valence-electron chi connectivity index (χ1n) is 39.9. The van der Waals surface area contributed by atoms with Gasteiger partial charge in [0.05, 0.1) is 75.1 Å². The summed E-state index contributed by atoms with van der Waals surface area (Å²) in [5.41, 5.74) is 9.48. The second-order valence-electron chi connectivity index (χ2n) is 30.7. The lowest BCUT2D eigenvalue weighted by atomic mass is 10.1. The number of fused-ring (bicyclic) bond motifs is 17. The van der Waals surface area contributed by atoms with Crippen molar-refractivity contribution in [1.29, 1.82) is 0 Å². The molecule has 0 spiro atoms. The molecule has 4 fully saturated rings. The first kappa shape index (κ1) is 79.5. The first-order valence-corrected chi connectivity index (χ1v) is 40.8. The highest BCUT2D eigenvalue weighted by atomic mass is 32.1. The van der Waals surface area contributed by atoms with Crippen molar-refractivity contribution in [2.75, 3.05) is 132 Å². The van der Waals surface area contributed by atoms with Gasteiger partial charge in [-0.25, -0.2) is 88.4 Å². The number of hydrogen-bond donors (Lipinski definition) is 4. The highest BCUT2D eigenvalue weighted by Gasteiger charge is 2.46. The maximum absolute atomic E-state index is 13.5. The number of aryl methyl sites for hydroxylation is 4. The van der Waals surface area contributed by atoms with Crippen molar-refractivity contribution in [3.63, 3.8) is 0 Å².